The Morgan fingerprint density at radius 3 is 2.50 bits per heavy atom. The second-order valence-electron chi connectivity index (χ2n) is 4.28. The summed E-state index contributed by atoms with van der Waals surface area (Å²) in [6, 6.07) is 3.94. The summed E-state index contributed by atoms with van der Waals surface area (Å²) >= 11 is 3.12. The predicted octanol–water partition coefficient (Wildman–Crippen LogP) is 1.68. The van der Waals surface area contributed by atoms with Crippen LogP contribution in [0.1, 0.15) is 24.2 Å². The number of carbonyl (C=O) groups is 1. The van der Waals surface area contributed by atoms with Crippen molar-refractivity contribution in [2.24, 2.45) is 5.14 Å². The molecule has 0 aliphatic rings. The van der Waals surface area contributed by atoms with Crippen LogP contribution in [0.3, 0.4) is 0 Å². The molecule has 6 nitrogen and oxygen atoms in total. The van der Waals surface area contributed by atoms with Gasteiger partial charge < -0.3 is 9.47 Å². The molecule has 0 heterocycles. The van der Waals surface area contributed by atoms with Crippen molar-refractivity contribution in [1.29, 1.82) is 0 Å². The molecular weight excluding hydrogens is 350 g/mol. The van der Waals surface area contributed by atoms with E-state index in [1.54, 1.807) is 0 Å². The summed E-state index contributed by atoms with van der Waals surface area (Å²) < 4.78 is 33.2. The summed E-state index contributed by atoms with van der Waals surface area (Å²) in [7, 11) is -3.88. The van der Waals surface area contributed by atoms with Crippen molar-refractivity contribution in [3.05, 3.63) is 28.2 Å². The fourth-order valence-electron chi connectivity index (χ4n) is 1.35. The molecule has 0 unspecified atom stereocenters. The molecule has 0 atom stereocenters. The van der Waals surface area contributed by atoms with Gasteiger partial charge in [-0.3, -0.25) is 0 Å². The molecule has 1 rings (SSSR count). The first-order valence-corrected chi connectivity index (χ1v) is 8.16. The average Bonchev–Trinajstić information content (AvgIpc) is 2.32. The van der Waals surface area contributed by atoms with Crippen LogP contribution in [-0.4, -0.2) is 33.7 Å². The van der Waals surface area contributed by atoms with Gasteiger partial charge in [-0.25, -0.2) is 18.4 Å². The van der Waals surface area contributed by atoms with Gasteiger partial charge in [0.25, 0.3) is 0 Å². The van der Waals surface area contributed by atoms with E-state index >= 15 is 0 Å². The summed E-state index contributed by atoms with van der Waals surface area (Å²) in [6.45, 7) is 4.11. The molecule has 0 fully saturated rings. The molecule has 0 amide bonds. The van der Waals surface area contributed by atoms with Gasteiger partial charge >= 0.3 is 5.97 Å². The van der Waals surface area contributed by atoms with E-state index in [0.717, 1.165) is 0 Å². The smallest absolute Gasteiger partial charge is 0.338 e. The Labute approximate surface area is 126 Å². The highest BCUT2D eigenvalue weighted by Gasteiger charge is 2.15. The van der Waals surface area contributed by atoms with Gasteiger partial charge in [0.15, 0.2) is 0 Å². The molecule has 0 spiro atoms. The molecule has 20 heavy (non-hydrogen) atoms. The van der Waals surface area contributed by atoms with Gasteiger partial charge in [0.05, 0.1) is 23.2 Å². The zero-order valence-electron chi connectivity index (χ0n) is 11.1. The first-order valence-electron chi connectivity index (χ1n) is 5.82. The number of benzene rings is 1. The van der Waals surface area contributed by atoms with Gasteiger partial charge in [-0.15, -0.1) is 0 Å². The monoisotopic (exact) mass is 365 g/mol. The second kappa shape index (κ2) is 7.16. The summed E-state index contributed by atoms with van der Waals surface area (Å²) in [6.07, 6.45) is 0.0496. The minimum Gasteiger partial charge on any atom is -0.460 e. The zero-order chi connectivity index (χ0) is 15.3. The Bertz CT molecular complexity index is 586. The van der Waals surface area contributed by atoms with E-state index in [9.17, 15) is 13.2 Å². The predicted molar refractivity (Wildman–Crippen MR) is 76.9 cm³/mol. The fraction of sp³-hybridized carbons (Fsp3) is 0.417. The van der Waals surface area contributed by atoms with Crippen molar-refractivity contribution >= 4 is 31.9 Å². The fourth-order valence-corrected chi connectivity index (χ4v) is 2.57. The molecule has 0 saturated carbocycles. The van der Waals surface area contributed by atoms with E-state index in [-0.39, 0.29) is 29.8 Å². The van der Waals surface area contributed by atoms with Crippen molar-refractivity contribution in [3.63, 3.8) is 0 Å². The van der Waals surface area contributed by atoms with E-state index < -0.39 is 16.0 Å². The number of ether oxygens (including phenoxy) is 2. The number of rotatable bonds is 6. The number of nitrogens with two attached hydrogens (primary N) is 1. The average molecular weight is 366 g/mol. The molecule has 0 radical (unpaired) electrons. The van der Waals surface area contributed by atoms with Gasteiger partial charge in [-0.1, -0.05) is 15.9 Å². The molecule has 0 saturated heterocycles. The lowest BCUT2D eigenvalue weighted by Gasteiger charge is -2.09. The summed E-state index contributed by atoms with van der Waals surface area (Å²) in [5.41, 5.74) is 0.105. The van der Waals surface area contributed by atoms with Crippen molar-refractivity contribution in [2.75, 3.05) is 13.2 Å². The van der Waals surface area contributed by atoms with Gasteiger partial charge in [0.1, 0.15) is 6.61 Å². The quantitative estimate of drug-likeness (QED) is 0.611. The van der Waals surface area contributed by atoms with E-state index in [1.165, 1.54) is 18.2 Å². The Balaban J connectivity index is 2.76. The van der Waals surface area contributed by atoms with Crippen LogP contribution in [0.25, 0.3) is 0 Å². The lowest BCUT2D eigenvalue weighted by atomic mass is 10.2. The number of halogens is 1. The summed E-state index contributed by atoms with van der Waals surface area (Å²) in [5, 5.41) is 5.03. The van der Waals surface area contributed by atoms with E-state index in [1.807, 2.05) is 13.8 Å². The van der Waals surface area contributed by atoms with Gasteiger partial charge in [0, 0.05) is 4.47 Å². The maximum atomic E-state index is 11.8. The Hall–Kier alpha value is -0.960. The molecule has 1 aromatic carbocycles. The minimum absolute atomic E-state index is 0.0496. The first kappa shape index (κ1) is 17.1. The molecule has 0 aromatic heterocycles. The Kier molecular flexibility index (Phi) is 6.12. The van der Waals surface area contributed by atoms with Gasteiger partial charge in [-0.05, 0) is 32.0 Å². The van der Waals surface area contributed by atoms with Crippen LogP contribution in [0.5, 0.6) is 0 Å². The number of sulfonamides is 1. The van der Waals surface area contributed by atoms with E-state index in [2.05, 4.69) is 15.9 Å². The number of hydrogen-bond acceptors (Lipinski definition) is 5. The third-order valence-electron chi connectivity index (χ3n) is 2.20. The lowest BCUT2D eigenvalue weighted by molar-refractivity contribution is 0.0176. The normalized spacial score (nSPS) is 11.7. The van der Waals surface area contributed by atoms with Crippen LogP contribution in [0.2, 0.25) is 0 Å². The SMILES string of the molecule is CC(C)OCCOC(=O)c1cc(Br)cc(S(N)(=O)=O)c1. The van der Waals surface area contributed by atoms with Crippen molar-refractivity contribution < 1.29 is 22.7 Å². The number of carbonyl (C=O) groups excluding carboxylic acids is 1. The van der Waals surface area contributed by atoms with Crippen molar-refractivity contribution in [1.82, 2.24) is 0 Å². The molecule has 0 bridgehead atoms. The molecule has 2 N–H and O–H groups in total. The molecular formula is C12H16BrNO5S. The van der Waals surface area contributed by atoms with E-state index in [4.69, 9.17) is 14.6 Å². The maximum absolute atomic E-state index is 11.8. The zero-order valence-corrected chi connectivity index (χ0v) is 13.5. The van der Waals surface area contributed by atoms with Crippen molar-refractivity contribution in [3.8, 4) is 0 Å². The topological polar surface area (TPSA) is 95.7 Å². The maximum Gasteiger partial charge on any atom is 0.338 e. The van der Waals surface area contributed by atoms with Crippen LogP contribution in [-0.2, 0) is 19.5 Å². The number of esters is 1. The molecule has 1 aromatic rings. The molecule has 0 aliphatic heterocycles. The summed E-state index contributed by atoms with van der Waals surface area (Å²) in [5.74, 6) is -0.636. The van der Waals surface area contributed by atoms with E-state index in [0.29, 0.717) is 4.47 Å². The Morgan fingerprint density at radius 1 is 1.30 bits per heavy atom. The van der Waals surface area contributed by atoms with Gasteiger partial charge in [0.2, 0.25) is 10.0 Å². The highest BCUT2D eigenvalue weighted by atomic mass is 79.9. The third kappa shape index (κ3) is 5.58. The van der Waals surface area contributed by atoms with Crippen LogP contribution in [0.15, 0.2) is 27.6 Å². The number of primary sulfonamides is 1. The highest BCUT2D eigenvalue weighted by Crippen LogP contribution is 2.19. The molecule has 8 heteroatoms. The van der Waals surface area contributed by atoms with Crippen LogP contribution >= 0.6 is 15.9 Å². The highest BCUT2D eigenvalue weighted by molar-refractivity contribution is 9.10. The first-order chi connectivity index (χ1) is 9.20. The lowest BCUT2D eigenvalue weighted by Crippen LogP contribution is -2.16. The third-order valence-corrected chi connectivity index (χ3v) is 3.55. The largest absolute Gasteiger partial charge is 0.460 e. The standard InChI is InChI=1S/C12H16BrNO5S/c1-8(2)18-3-4-19-12(15)9-5-10(13)7-11(6-9)20(14,16)17/h5-8H,3-4H2,1-2H3,(H2,14,16,17). The van der Waals surface area contributed by atoms with Crippen LogP contribution in [0.4, 0.5) is 0 Å². The van der Waals surface area contributed by atoms with Gasteiger partial charge in [-0.2, -0.15) is 0 Å². The second-order valence-corrected chi connectivity index (χ2v) is 6.75. The molecule has 0 aliphatic carbocycles. The van der Waals surface area contributed by atoms with Crippen LogP contribution < -0.4 is 5.14 Å². The van der Waals surface area contributed by atoms with Crippen molar-refractivity contribution in [2.45, 2.75) is 24.8 Å². The number of hydrogen-bond donors (Lipinski definition) is 1. The molecule has 112 valence electrons. The van der Waals surface area contributed by atoms with Crippen LogP contribution in [0, 0.1) is 0 Å². The Morgan fingerprint density at radius 2 is 1.95 bits per heavy atom. The minimum atomic E-state index is -3.88. The summed E-state index contributed by atoms with van der Waals surface area (Å²) in [4.78, 5) is 11.6.